The second-order valence-corrected chi connectivity index (χ2v) is 4.29. The van der Waals surface area contributed by atoms with Gasteiger partial charge in [0.1, 0.15) is 5.82 Å². The molecule has 2 N–H and O–H groups in total. The minimum Gasteiger partial charge on any atom is -0.382 e. The summed E-state index contributed by atoms with van der Waals surface area (Å²) in [5.74, 6) is 1.14. The quantitative estimate of drug-likeness (QED) is 0.854. The van der Waals surface area contributed by atoms with E-state index in [1.165, 1.54) is 0 Å². The monoisotopic (exact) mass is 216 g/mol. The molecular formula is C12H16N4. The van der Waals surface area contributed by atoms with Gasteiger partial charge in [-0.25, -0.2) is 4.68 Å². The number of nitrogens with two attached hydrogens (primary N) is 1. The molecule has 2 aromatic rings. The molecule has 2 rings (SSSR count). The molecule has 0 saturated heterocycles. The van der Waals surface area contributed by atoms with Crippen molar-refractivity contribution in [2.45, 2.75) is 20.3 Å². The molecule has 0 unspecified atom stereocenters. The van der Waals surface area contributed by atoms with Crippen molar-refractivity contribution in [2.24, 2.45) is 5.92 Å². The molecule has 2 heterocycles. The Kier molecular flexibility index (Phi) is 2.90. The van der Waals surface area contributed by atoms with Crippen molar-refractivity contribution in [2.75, 3.05) is 5.73 Å². The molecule has 16 heavy (non-hydrogen) atoms. The van der Waals surface area contributed by atoms with Crippen LogP contribution in [0.1, 0.15) is 19.5 Å². The topological polar surface area (TPSA) is 56.7 Å². The Balaban J connectivity index is 2.19. The Bertz CT molecular complexity index is 456. The van der Waals surface area contributed by atoms with Gasteiger partial charge >= 0.3 is 0 Å². The van der Waals surface area contributed by atoms with Crippen LogP contribution in [0.5, 0.6) is 0 Å². The summed E-state index contributed by atoms with van der Waals surface area (Å²) >= 11 is 0. The van der Waals surface area contributed by atoms with E-state index in [0.29, 0.717) is 11.7 Å². The zero-order chi connectivity index (χ0) is 11.5. The lowest BCUT2D eigenvalue weighted by molar-refractivity contribution is 0.635. The Morgan fingerprint density at radius 3 is 2.62 bits per heavy atom. The van der Waals surface area contributed by atoms with Gasteiger partial charge in [-0.1, -0.05) is 13.8 Å². The van der Waals surface area contributed by atoms with E-state index in [4.69, 9.17) is 5.73 Å². The molecule has 0 aliphatic heterocycles. The first-order chi connectivity index (χ1) is 7.65. The van der Waals surface area contributed by atoms with Gasteiger partial charge in [0, 0.05) is 18.0 Å². The number of nitrogens with zero attached hydrogens (tertiary/aromatic N) is 3. The first-order valence-corrected chi connectivity index (χ1v) is 5.41. The highest BCUT2D eigenvalue weighted by atomic mass is 15.3. The lowest BCUT2D eigenvalue weighted by Crippen LogP contribution is -2.00. The van der Waals surface area contributed by atoms with E-state index in [1.807, 2.05) is 24.5 Å². The third-order valence-electron chi connectivity index (χ3n) is 2.30. The fraction of sp³-hybridized carbons (Fsp3) is 0.333. The lowest BCUT2D eigenvalue weighted by atomic mass is 10.1. The van der Waals surface area contributed by atoms with Crippen LogP contribution < -0.4 is 5.73 Å². The van der Waals surface area contributed by atoms with Crippen LogP contribution in [0.4, 0.5) is 5.82 Å². The Labute approximate surface area is 95.1 Å². The Morgan fingerprint density at radius 2 is 2.12 bits per heavy atom. The molecule has 0 aromatic carbocycles. The maximum atomic E-state index is 5.56. The number of aromatic nitrogens is 3. The first-order valence-electron chi connectivity index (χ1n) is 5.41. The lowest BCUT2D eigenvalue weighted by Gasteiger charge is -2.05. The zero-order valence-electron chi connectivity index (χ0n) is 9.59. The molecule has 0 radical (unpaired) electrons. The normalized spacial score (nSPS) is 10.9. The van der Waals surface area contributed by atoms with Crippen LogP contribution in [0.2, 0.25) is 0 Å². The van der Waals surface area contributed by atoms with Gasteiger partial charge in [-0.2, -0.15) is 5.10 Å². The van der Waals surface area contributed by atoms with Crippen molar-refractivity contribution < 1.29 is 0 Å². The Hall–Kier alpha value is -1.84. The molecule has 84 valence electrons. The molecule has 0 saturated carbocycles. The van der Waals surface area contributed by atoms with Gasteiger partial charge in [-0.3, -0.25) is 4.98 Å². The molecule has 0 aliphatic rings. The highest BCUT2D eigenvalue weighted by Gasteiger charge is 2.01. The van der Waals surface area contributed by atoms with Crippen LogP contribution in [0, 0.1) is 5.92 Å². The largest absolute Gasteiger partial charge is 0.382 e. The third-order valence-corrected chi connectivity index (χ3v) is 2.30. The molecule has 0 bridgehead atoms. The van der Waals surface area contributed by atoms with Crippen LogP contribution in [-0.4, -0.2) is 14.8 Å². The van der Waals surface area contributed by atoms with E-state index >= 15 is 0 Å². The standard InChI is InChI=1S/C12H16N4/c1-9(2)7-10-3-4-11(8-14-10)16-6-5-12(13)15-16/h3-6,8-9H,7H2,1-2H3,(H2,13,15). The average molecular weight is 216 g/mol. The smallest absolute Gasteiger partial charge is 0.145 e. The van der Waals surface area contributed by atoms with Gasteiger partial charge < -0.3 is 5.73 Å². The predicted molar refractivity (Wildman–Crippen MR) is 64.3 cm³/mol. The molecule has 4 nitrogen and oxygen atoms in total. The highest BCUT2D eigenvalue weighted by molar-refractivity contribution is 5.33. The molecule has 4 heteroatoms. The summed E-state index contributed by atoms with van der Waals surface area (Å²) in [7, 11) is 0. The Morgan fingerprint density at radius 1 is 1.31 bits per heavy atom. The van der Waals surface area contributed by atoms with Crippen LogP contribution in [-0.2, 0) is 6.42 Å². The summed E-state index contributed by atoms with van der Waals surface area (Å²) in [4.78, 5) is 4.40. The fourth-order valence-corrected chi connectivity index (χ4v) is 1.57. The van der Waals surface area contributed by atoms with Crippen LogP contribution in [0.15, 0.2) is 30.6 Å². The van der Waals surface area contributed by atoms with Crippen LogP contribution >= 0.6 is 0 Å². The maximum Gasteiger partial charge on any atom is 0.145 e. The van der Waals surface area contributed by atoms with Gasteiger partial charge in [-0.15, -0.1) is 0 Å². The average Bonchev–Trinajstić information content (AvgIpc) is 2.65. The van der Waals surface area contributed by atoms with Crippen molar-refractivity contribution in [3.63, 3.8) is 0 Å². The number of pyridine rings is 1. The molecule has 0 fully saturated rings. The highest BCUT2D eigenvalue weighted by Crippen LogP contribution is 2.10. The van der Waals surface area contributed by atoms with Crippen LogP contribution in [0.25, 0.3) is 5.69 Å². The summed E-state index contributed by atoms with van der Waals surface area (Å²) in [5.41, 5.74) is 7.60. The second kappa shape index (κ2) is 4.35. The van der Waals surface area contributed by atoms with Gasteiger partial charge in [-0.05, 0) is 24.5 Å². The van der Waals surface area contributed by atoms with E-state index < -0.39 is 0 Å². The molecule has 0 aliphatic carbocycles. The van der Waals surface area contributed by atoms with Gasteiger partial charge in [0.25, 0.3) is 0 Å². The number of hydrogen-bond donors (Lipinski definition) is 1. The maximum absolute atomic E-state index is 5.56. The van der Waals surface area contributed by atoms with Crippen molar-refractivity contribution in [3.8, 4) is 5.69 Å². The fourth-order valence-electron chi connectivity index (χ4n) is 1.57. The summed E-state index contributed by atoms with van der Waals surface area (Å²) in [6, 6.07) is 5.81. The first kappa shape index (κ1) is 10.7. The van der Waals surface area contributed by atoms with E-state index in [9.17, 15) is 0 Å². The number of hydrogen-bond acceptors (Lipinski definition) is 3. The van der Waals surface area contributed by atoms with Crippen LogP contribution in [0.3, 0.4) is 0 Å². The van der Waals surface area contributed by atoms with Crippen molar-refractivity contribution in [1.29, 1.82) is 0 Å². The minimum absolute atomic E-state index is 0.520. The van der Waals surface area contributed by atoms with E-state index in [1.54, 1.807) is 10.7 Å². The van der Waals surface area contributed by atoms with Gasteiger partial charge in [0.05, 0.1) is 11.9 Å². The number of anilines is 1. The van der Waals surface area contributed by atoms with Crippen molar-refractivity contribution in [3.05, 3.63) is 36.3 Å². The molecular weight excluding hydrogens is 200 g/mol. The molecule has 0 amide bonds. The molecule has 0 spiro atoms. The minimum atomic E-state index is 0.520. The van der Waals surface area contributed by atoms with Crippen molar-refractivity contribution in [1.82, 2.24) is 14.8 Å². The summed E-state index contributed by atoms with van der Waals surface area (Å²) in [5, 5.41) is 4.13. The molecule has 0 atom stereocenters. The van der Waals surface area contributed by atoms with E-state index in [-0.39, 0.29) is 0 Å². The SMILES string of the molecule is CC(C)Cc1ccc(-n2ccc(N)n2)cn1. The number of nitrogen functional groups attached to an aromatic ring is 1. The second-order valence-electron chi connectivity index (χ2n) is 4.29. The summed E-state index contributed by atoms with van der Waals surface area (Å²) < 4.78 is 1.72. The summed E-state index contributed by atoms with van der Waals surface area (Å²) in [6.45, 7) is 4.37. The third kappa shape index (κ3) is 2.39. The number of rotatable bonds is 3. The predicted octanol–water partition coefficient (Wildman–Crippen LogP) is 2.05. The van der Waals surface area contributed by atoms with E-state index in [0.717, 1.165) is 17.8 Å². The zero-order valence-corrected chi connectivity index (χ0v) is 9.59. The van der Waals surface area contributed by atoms with Gasteiger partial charge in [0.15, 0.2) is 0 Å². The van der Waals surface area contributed by atoms with Gasteiger partial charge in [0.2, 0.25) is 0 Å². The van der Waals surface area contributed by atoms with E-state index in [2.05, 4.69) is 23.9 Å². The van der Waals surface area contributed by atoms with Crippen molar-refractivity contribution >= 4 is 5.82 Å². The summed E-state index contributed by atoms with van der Waals surface area (Å²) in [6.07, 6.45) is 4.65. The molecule has 2 aromatic heterocycles.